The molecule has 2 heterocycles. The van der Waals surface area contributed by atoms with Gasteiger partial charge in [0.05, 0.1) is 31.1 Å². The Labute approximate surface area is 212 Å². The van der Waals surface area contributed by atoms with Gasteiger partial charge in [-0.1, -0.05) is 42.1 Å². The quantitative estimate of drug-likeness (QED) is 0.292. The van der Waals surface area contributed by atoms with E-state index in [0.717, 1.165) is 41.8 Å². The van der Waals surface area contributed by atoms with E-state index in [4.69, 9.17) is 40.2 Å². The number of carbonyl (C=O) groups is 1. The molecule has 0 bridgehead atoms. The maximum Gasteiger partial charge on any atom is 0.341 e. The molecule has 0 saturated carbocycles. The molecule has 174 valence electrons. The van der Waals surface area contributed by atoms with Gasteiger partial charge in [-0.05, 0) is 55.6 Å². The number of thiophene rings is 1. The first-order valence-electron chi connectivity index (χ1n) is 10.7. The Morgan fingerprint density at radius 3 is 2.64 bits per heavy atom. The van der Waals surface area contributed by atoms with Gasteiger partial charge in [-0.3, -0.25) is 4.68 Å². The predicted molar refractivity (Wildman–Crippen MR) is 139 cm³/mol. The van der Waals surface area contributed by atoms with E-state index in [0.29, 0.717) is 33.0 Å². The topological polar surface area (TPSA) is 68.2 Å². The molecule has 1 aliphatic carbocycles. The Bertz CT molecular complexity index is 1160. The van der Waals surface area contributed by atoms with Crippen molar-refractivity contribution in [1.82, 2.24) is 9.78 Å². The summed E-state index contributed by atoms with van der Waals surface area (Å²) >= 11 is 19.7. The van der Waals surface area contributed by atoms with E-state index in [2.05, 4.69) is 15.7 Å². The minimum absolute atomic E-state index is 0.331. The molecule has 1 aliphatic rings. The number of esters is 1. The second-order valence-electron chi connectivity index (χ2n) is 7.82. The van der Waals surface area contributed by atoms with Crippen molar-refractivity contribution >= 4 is 68.5 Å². The second-order valence-corrected chi connectivity index (χ2v) is 10.1. The van der Waals surface area contributed by atoms with E-state index in [1.807, 2.05) is 12.3 Å². The molecule has 0 amide bonds. The summed E-state index contributed by atoms with van der Waals surface area (Å²) in [5, 5.41) is 13.0. The van der Waals surface area contributed by atoms with Crippen molar-refractivity contribution in [1.29, 1.82) is 0 Å². The van der Waals surface area contributed by atoms with Crippen LogP contribution in [-0.4, -0.2) is 28.0 Å². The maximum absolute atomic E-state index is 12.6. The van der Waals surface area contributed by atoms with Crippen LogP contribution in [0, 0.1) is 0 Å². The lowest BCUT2D eigenvalue weighted by atomic mass is 9.96. The number of ether oxygens (including phenoxy) is 1. The van der Waals surface area contributed by atoms with Gasteiger partial charge in [-0.15, -0.1) is 11.3 Å². The fraction of sp³-hybridized carbons (Fsp3) is 0.348. The van der Waals surface area contributed by atoms with Crippen molar-refractivity contribution in [2.24, 2.45) is 0 Å². The number of halogens is 2. The molecule has 33 heavy (non-hydrogen) atoms. The lowest BCUT2D eigenvalue weighted by Crippen LogP contribution is -2.20. The molecule has 0 atom stereocenters. The zero-order valence-electron chi connectivity index (χ0n) is 18.1. The van der Waals surface area contributed by atoms with Gasteiger partial charge in [0, 0.05) is 26.7 Å². The number of carbonyl (C=O) groups excluding carboxylic acids is 1. The summed E-state index contributed by atoms with van der Waals surface area (Å²) in [6, 6.07) is 5.41. The number of anilines is 2. The van der Waals surface area contributed by atoms with Crippen LogP contribution in [-0.2, 0) is 24.1 Å². The van der Waals surface area contributed by atoms with Crippen molar-refractivity contribution in [3.8, 4) is 0 Å². The molecule has 10 heteroatoms. The lowest BCUT2D eigenvalue weighted by Gasteiger charge is -2.11. The molecule has 0 radical (unpaired) electrons. The van der Waals surface area contributed by atoms with Gasteiger partial charge in [-0.2, -0.15) is 5.10 Å². The number of nitrogens with zero attached hydrogens (tertiary/aromatic N) is 2. The van der Waals surface area contributed by atoms with Crippen LogP contribution in [0.4, 0.5) is 10.7 Å². The van der Waals surface area contributed by atoms with Gasteiger partial charge in [0.25, 0.3) is 0 Å². The number of rotatable bonds is 5. The average Bonchev–Trinajstić information content (AvgIpc) is 3.34. The van der Waals surface area contributed by atoms with Crippen LogP contribution in [0.25, 0.3) is 0 Å². The summed E-state index contributed by atoms with van der Waals surface area (Å²) in [5.74, 6) is -0.331. The number of benzene rings is 1. The van der Waals surface area contributed by atoms with Gasteiger partial charge in [0.2, 0.25) is 0 Å². The summed E-state index contributed by atoms with van der Waals surface area (Å²) in [6.45, 7) is 0.435. The van der Waals surface area contributed by atoms with Crippen LogP contribution >= 0.6 is 46.8 Å². The van der Waals surface area contributed by atoms with Gasteiger partial charge in [-0.25, -0.2) is 4.79 Å². The van der Waals surface area contributed by atoms with Crippen LogP contribution < -0.4 is 10.6 Å². The molecule has 1 aromatic carbocycles. The molecule has 2 aromatic heterocycles. The van der Waals surface area contributed by atoms with Crippen molar-refractivity contribution in [2.45, 2.75) is 45.1 Å². The largest absolute Gasteiger partial charge is 0.465 e. The normalized spacial score (nSPS) is 13.5. The number of thiocarbonyl (C=S) groups is 1. The highest BCUT2D eigenvalue weighted by Gasteiger charge is 2.25. The van der Waals surface area contributed by atoms with Crippen molar-refractivity contribution in [3.63, 3.8) is 0 Å². The van der Waals surface area contributed by atoms with Crippen LogP contribution in [0.2, 0.25) is 10.0 Å². The first-order valence-corrected chi connectivity index (χ1v) is 12.7. The predicted octanol–water partition coefficient (Wildman–Crippen LogP) is 6.55. The van der Waals surface area contributed by atoms with E-state index >= 15 is 0 Å². The Morgan fingerprint density at radius 1 is 1.18 bits per heavy atom. The third-order valence-electron chi connectivity index (χ3n) is 5.56. The Balaban J connectivity index is 1.48. The minimum atomic E-state index is -0.331. The van der Waals surface area contributed by atoms with Crippen LogP contribution in [0.1, 0.15) is 52.0 Å². The zero-order chi connectivity index (χ0) is 23.4. The molecule has 6 nitrogen and oxygen atoms in total. The summed E-state index contributed by atoms with van der Waals surface area (Å²) in [5.41, 5.74) is 3.22. The summed E-state index contributed by atoms with van der Waals surface area (Å²) in [7, 11) is 1.41. The summed E-state index contributed by atoms with van der Waals surface area (Å²) < 4.78 is 6.81. The Hall–Kier alpha value is -2.13. The third kappa shape index (κ3) is 5.69. The van der Waals surface area contributed by atoms with Crippen molar-refractivity contribution in [3.05, 3.63) is 62.2 Å². The molecule has 0 spiro atoms. The fourth-order valence-corrected chi connectivity index (χ4v) is 6.03. The summed E-state index contributed by atoms with van der Waals surface area (Å²) in [4.78, 5) is 13.8. The van der Waals surface area contributed by atoms with Crippen molar-refractivity contribution < 1.29 is 9.53 Å². The highest BCUT2D eigenvalue weighted by Crippen LogP contribution is 2.37. The van der Waals surface area contributed by atoms with Crippen molar-refractivity contribution in [2.75, 3.05) is 17.7 Å². The van der Waals surface area contributed by atoms with Crippen LogP contribution in [0.5, 0.6) is 0 Å². The van der Waals surface area contributed by atoms with E-state index in [9.17, 15) is 4.79 Å². The number of nitrogens with one attached hydrogen (secondary N) is 2. The van der Waals surface area contributed by atoms with E-state index in [1.165, 1.54) is 24.8 Å². The Kier molecular flexibility index (Phi) is 7.90. The smallest absolute Gasteiger partial charge is 0.341 e. The number of hydrogen-bond acceptors (Lipinski definition) is 5. The number of fused-ring (bicyclic) bond motifs is 1. The van der Waals surface area contributed by atoms with Crippen LogP contribution in [0.15, 0.2) is 30.6 Å². The molecule has 0 fully saturated rings. The van der Waals surface area contributed by atoms with Gasteiger partial charge < -0.3 is 15.4 Å². The fourth-order valence-electron chi connectivity index (χ4n) is 3.95. The molecule has 0 unspecified atom stereocenters. The SMILES string of the molecule is COC(=O)c1c(NC(=S)Nc2cnn(Cc3c(Cl)cccc3Cl)c2)sc2c1CCCCCC2. The van der Waals surface area contributed by atoms with Gasteiger partial charge in [0.15, 0.2) is 5.11 Å². The molecule has 3 aromatic rings. The highest BCUT2D eigenvalue weighted by molar-refractivity contribution is 7.80. The lowest BCUT2D eigenvalue weighted by molar-refractivity contribution is 0.0601. The number of aromatic nitrogens is 2. The molecular weight excluding hydrogens is 499 g/mol. The van der Waals surface area contributed by atoms with Crippen LogP contribution in [0.3, 0.4) is 0 Å². The zero-order valence-corrected chi connectivity index (χ0v) is 21.3. The number of methoxy groups -OCH3 is 1. The van der Waals surface area contributed by atoms with Gasteiger partial charge >= 0.3 is 5.97 Å². The molecule has 0 aliphatic heterocycles. The average molecular weight is 524 g/mol. The first-order chi connectivity index (χ1) is 16.0. The minimum Gasteiger partial charge on any atom is -0.465 e. The monoisotopic (exact) mass is 522 g/mol. The Morgan fingerprint density at radius 2 is 1.91 bits per heavy atom. The second kappa shape index (κ2) is 10.9. The van der Waals surface area contributed by atoms with E-state index in [1.54, 1.807) is 34.3 Å². The van der Waals surface area contributed by atoms with E-state index in [-0.39, 0.29) is 5.97 Å². The first kappa shape index (κ1) is 24.0. The van der Waals surface area contributed by atoms with Gasteiger partial charge in [0.1, 0.15) is 5.00 Å². The third-order valence-corrected chi connectivity index (χ3v) is 7.68. The van der Waals surface area contributed by atoms with E-state index < -0.39 is 0 Å². The molecule has 4 rings (SSSR count). The molecule has 2 N–H and O–H groups in total. The summed E-state index contributed by atoms with van der Waals surface area (Å²) in [6.07, 6.45) is 9.96. The number of aryl methyl sites for hydroxylation is 1. The molecular formula is C23H24Cl2N4O2S2. The standard InChI is InChI=1S/C23H24Cl2N4O2S2/c1-31-22(30)20-15-7-4-2-3-5-10-19(15)33-21(20)28-23(32)27-14-11-26-29(12-14)13-16-17(24)8-6-9-18(16)25/h6,8-9,11-12H,2-5,7,10,13H2,1H3,(H2,27,28,32). The molecule has 0 saturated heterocycles. The maximum atomic E-state index is 12.6. The highest BCUT2D eigenvalue weighted by atomic mass is 35.5. The number of hydrogen-bond donors (Lipinski definition) is 2.